The number of aromatic nitrogens is 1. The van der Waals surface area contributed by atoms with Crippen LogP contribution >= 0.6 is 11.3 Å². The van der Waals surface area contributed by atoms with E-state index in [1.807, 2.05) is 24.3 Å². The van der Waals surface area contributed by atoms with Crippen molar-refractivity contribution in [2.45, 2.75) is 6.54 Å². The van der Waals surface area contributed by atoms with Gasteiger partial charge in [-0.25, -0.2) is 4.98 Å². The van der Waals surface area contributed by atoms with E-state index in [0.29, 0.717) is 35.2 Å². The normalized spacial score (nSPS) is 10.3. The van der Waals surface area contributed by atoms with Crippen LogP contribution in [0.1, 0.15) is 16.1 Å². The Morgan fingerprint density at radius 1 is 0.931 bits per heavy atom. The Kier molecular flexibility index (Phi) is 6.56. The van der Waals surface area contributed by atoms with Crippen molar-refractivity contribution in [2.24, 2.45) is 0 Å². The first kappa shape index (κ1) is 20.5. The highest BCUT2D eigenvalue weighted by atomic mass is 32.1. The number of hydrogen-bond donors (Lipinski definition) is 1. The van der Waals surface area contributed by atoms with Crippen molar-refractivity contribution < 1.29 is 23.7 Å². The van der Waals surface area contributed by atoms with Crippen LogP contribution in [0.25, 0.3) is 10.6 Å². The van der Waals surface area contributed by atoms with Gasteiger partial charge in [-0.05, 0) is 36.4 Å². The van der Waals surface area contributed by atoms with Crippen LogP contribution in [0.15, 0.2) is 41.8 Å². The largest absolute Gasteiger partial charge is 0.497 e. The highest BCUT2D eigenvalue weighted by molar-refractivity contribution is 7.13. The second-order valence-electron chi connectivity index (χ2n) is 5.97. The SMILES string of the molecule is COc1ccc(OC)c(CNC(=O)c2csc(-c3ccc(OC)c(OC)c3)n2)c1. The van der Waals surface area contributed by atoms with E-state index in [2.05, 4.69) is 10.3 Å². The molecule has 0 atom stereocenters. The summed E-state index contributed by atoms with van der Waals surface area (Å²) in [6, 6.07) is 11.0. The molecule has 0 aliphatic rings. The molecule has 8 heteroatoms. The zero-order valence-electron chi connectivity index (χ0n) is 16.6. The van der Waals surface area contributed by atoms with E-state index in [1.165, 1.54) is 11.3 Å². The monoisotopic (exact) mass is 414 g/mol. The van der Waals surface area contributed by atoms with Crippen LogP contribution in [0.4, 0.5) is 0 Å². The molecule has 0 fully saturated rings. The fraction of sp³-hybridized carbons (Fsp3) is 0.238. The lowest BCUT2D eigenvalue weighted by Crippen LogP contribution is -2.23. The second-order valence-corrected chi connectivity index (χ2v) is 6.83. The molecule has 3 rings (SSSR count). The van der Waals surface area contributed by atoms with E-state index in [-0.39, 0.29) is 5.91 Å². The number of ether oxygens (including phenoxy) is 4. The summed E-state index contributed by atoms with van der Waals surface area (Å²) in [5.74, 6) is 2.35. The van der Waals surface area contributed by atoms with E-state index < -0.39 is 0 Å². The number of benzene rings is 2. The minimum atomic E-state index is -0.266. The van der Waals surface area contributed by atoms with Crippen molar-refractivity contribution in [3.05, 3.63) is 53.0 Å². The van der Waals surface area contributed by atoms with Gasteiger partial charge in [-0.15, -0.1) is 11.3 Å². The van der Waals surface area contributed by atoms with Gasteiger partial charge >= 0.3 is 0 Å². The molecular weight excluding hydrogens is 392 g/mol. The summed E-state index contributed by atoms with van der Waals surface area (Å²) in [5, 5.41) is 5.32. The average molecular weight is 414 g/mol. The molecule has 0 unspecified atom stereocenters. The summed E-state index contributed by atoms with van der Waals surface area (Å²) in [5.41, 5.74) is 2.01. The maximum absolute atomic E-state index is 12.6. The summed E-state index contributed by atoms with van der Waals surface area (Å²) in [4.78, 5) is 17.0. The van der Waals surface area contributed by atoms with E-state index in [4.69, 9.17) is 18.9 Å². The minimum absolute atomic E-state index is 0.266. The number of nitrogens with zero attached hydrogens (tertiary/aromatic N) is 1. The first-order chi connectivity index (χ1) is 14.1. The molecule has 0 saturated heterocycles. The van der Waals surface area contributed by atoms with Gasteiger partial charge in [0.15, 0.2) is 11.5 Å². The van der Waals surface area contributed by atoms with Gasteiger partial charge in [0.2, 0.25) is 0 Å². The van der Waals surface area contributed by atoms with Crippen molar-refractivity contribution in [3.8, 4) is 33.6 Å². The Hall–Kier alpha value is -3.26. The van der Waals surface area contributed by atoms with Gasteiger partial charge < -0.3 is 24.3 Å². The number of nitrogens with one attached hydrogen (secondary N) is 1. The molecule has 0 spiro atoms. The molecule has 0 aliphatic heterocycles. The number of methoxy groups -OCH3 is 4. The summed E-state index contributed by atoms with van der Waals surface area (Å²) < 4.78 is 21.2. The predicted molar refractivity (Wildman–Crippen MR) is 111 cm³/mol. The van der Waals surface area contributed by atoms with Crippen LogP contribution in [-0.4, -0.2) is 39.3 Å². The molecule has 7 nitrogen and oxygen atoms in total. The zero-order chi connectivity index (χ0) is 20.8. The molecule has 3 aromatic rings. The van der Waals surface area contributed by atoms with Gasteiger partial charge in [0, 0.05) is 23.1 Å². The fourth-order valence-corrected chi connectivity index (χ4v) is 3.56. The Balaban J connectivity index is 1.73. The van der Waals surface area contributed by atoms with Crippen molar-refractivity contribution in [3.63, 3.8) is 0 Å². The molecule has 1 aromatic heterocycles. The Morgan fingerprint density at radius 3 is 2.34 bits per heavy atom. The molecule has 1 N–H and O–H groups in total. The lowest BCUT2D eigenvalue weighted by Gasteiger charge is -2.11. The zero-order valence-corrected chi connectivity index (χ0v) is 17.5. The van der Waals surface area contributed by atoms with Crippen molar-refractivity contribution in [1.82, 2.24) is 10.3 Å². The van der Waals surface area contributed by atoms with Crippen LogP contribution in [0.5, 0.6) is 23.0 Å². The average Bonchev–Trinajstić information content (AvgIpc) is 3.27. The van der Waals surface area contributed by atoms with Crippen molar-refractivity contribution in [2.75, 3.05) is 28.4 Å². The van der Waals surface area contributed by atoms with Crippen LogP contribution in [-0.2, 0) is 6.54 Å². The quantitative estimate of drug-likeness (QED) is 0.604. The molecule has 2 aromatic carbocycles. The van der Waals surface area contributed by atoms with Gasteiger partial charge in [-0.1, -0.05) is 0 Å². The fourth-order valence-electron chi connectivity index (χ4n) is 2.77. The topological polar surface area (TPSA) is 78.9 Å². The van der Waals surface area contributed by atoms with Crippen LogP contribution < -0.4 is 24.3 Å². The maximum atomic E-state index is 12.6. The minimum Gasteiger partial charge on any atom is -0.497 e. The maximum Gasteiger partial charge on any atom is 0.271 e. The van der Waals surface area contributed by atoms with Crippen LogP contribution in [0, 0.1) is 0 Å². The van der Waals surface area contributed by atoms with E-state index in [1.54, 1.807) is 46.0 Å². The molecule has 0 bridgehead atoms. The number of hydrogen-bond acceptors (Lipinski definition) is 7. The standard InChI is InChI=1S/C21H22N2O5S/c1-25-15-6-8-17(26-2)14(9-15)11-22-20(24)16-12-29-21(23-16)13-5-7-18(27-3)19(10-13)28-4/h5-10,12H,11H2,1-4H3,(H,22,24). The van der Waals surface area contributed by atoms with Crippen molar-refractivity contribution >= 4 is 17.2 Å². The van der Waals surface area contributed by atoms with Gasteiger partial charge in [0.05, 0.1) is 28.4 Å². The molecule has 1 heterocycles. The molecule has 0 saturated carbocycles. The molecule has 29 heavy (non-hydrogen) atoms. The first-order valence-corrected chi connectivity index (χ1v) is 9.64. The van der Waals surface area contributed by atoms with Crippen LogP contribution in [0.3, 0.4) is 0 Å². The number of carbonyl (C=O) groups excluding carboxylic acids is 1. The lowest BCUT2D eigenvalue weighted by atomic mass is 10.2. The number of rotatable bonds is 8. The molecule has 1 amide bonds. The first-order valence-electron chi connectivity index (χ1n) is 8.76. The van der Waals surface area contributed by atoms with Gasteiger partial charge in [0.25, 0.3) is 5.91 Å². The Labute approximate surface area is 173 Å². The lowest BCUT2D eigenvalue weighted by molar-refractivity contribution is 0.0946. The third-order valence-corrected chi connectivity index (χ3v) is 5.19. The van der Waals surface area contributed by atoms with Gasteiger partial charge in [-0.3, -0.25) is 4.79 Å². The third-order valence-electron chi connectivity index (χ3n) is 4.29. The van der Waals surface area contributed by atoms with Crippen LogP contribution in [0.2, 0.25) is 0 Å². The van der Waals surface area contributed by atoms with Crippen molar-refractivity contribution in [1.29, 1.82) is 0 Å². The van der Waals surface area contributed by atoms with Gasteiger partial charge in [0.1, 0.15) is 22.2 Å². The smallest absolute Gasteiger partial charge is 0.271 e. The molecule has 152 valence electrons. The second kappa shape index (κ2) is 9.29. The third kappa shape index (κ3) is 4.60. The highest BCUT2D eigenvalue weighted by Crippen LogP contribution is 2.33. The number of amides is 1. The summed E-state index contributed by atoms with van der Waals surface area (Å²) in [6.45, 7) is 0.294. The number of carbonyl (C=O) groups is 1. The summed E-state index contributed by atoms with van der Waals surface area (Å²) >= 11 is 1.39. The highest BCUT2D eigenvalue weighted by Gasteiger charge is 2.14. The van der Waals surface area contributed by atoms with Gasteiger partial charge in [-0.2, -0.15) is 0 Å². The Bertz CT molecular complexity index is 1000. The molecule has 0 aliphatic carbocycles. The summed E-state index contributed by atoms with van der Waals surface area (Å²) in [6.07, 6.45) is 0. The predicted octanol–water partition coefficient (Wildman–Crippen LogP) is 3.77. The van der Waals surface area contributed by atoms with E-state index >= 15 is 0 Å². The Morgan fingerprint density at radius 2 is 1.66 bits per heavy atom. The molecular formula is C21H22N2O5S. The number of thiazole rings is 1. The van der Waals surface area contributed by atoms with E-state index in [9.17, 15) is 4.79 Å². The summed E-state index contributed by atoms with van der Waals surface area (Å²) in [7, 11) is 6.34. The van der Waals surface area contributed by atoms with E-state index in [0.717, 1.165) is 16.1 Å². The molecule has 0 radical (unpaired) electrons.